The highest BCUT2D eigenvalue weighted by Crippen LogP contribution is 2.33. The van der Waals surface area contributed by atoms with Crippen molar-refractivity contribution in [3.63, 3.8) is 0 Å². The first-order chi connectivity index (χ1) is 9.90. The minimum Gasteiger partial charge on any atom is -0.481 e. The lowest BCUT2D eigenvalue weighted by molar-refractivity contribution is -0.136. The number of anilines is 1. The predicted octanol–water partition coefficient (Wildman–Crippen LogP) is 2.83. The third-order valence-corrected chi connectivity index (χ3v) is 4.85. The zero-order valence-electron chi connectivity index (χ0n) is 10.7. The molecule has 0 aromatic heterocycles. The van der Waals surface area contributed by atoms with Crippen molar-refractivity contribution in [2.45, 2.75) is 18.1 Å². The van der Waals surface area contributed by atoms with Gasteiger partial charge in [-0.1, -0.05) is 23.2 Å². The van der Waals surface area contributed by atoms with Crippen LogP contribution in [0.15, 0.2) is 18.2 Å². The molecule has 1 aliphatic heterocycles. The number of thioether (sulfide) groups is 1. The van der Waals surface area contributed by atoms with E-state index in [1.165, 1.54) is 23.9 Å². The second-order valence-electron chi connectivity index (χ2n) is 4.37. The topological polar surface area (TPSA) is 74.7 Å². The smallest absolute Gasteiger partial charge is 0.304 e. The van der Waals surface area contributed by atoms with Gasteiger partial charge in [-0.2, -0.15) is 0 Å². The van der Waals surface area contributed by atoms with Gasteiger partial charge in [-0.25, -0.2) is 4.90 Å². The van der Waals surface area contributed by atoms with E-state index in [1.807, 2.05) is 0 Å². The number of carboxylic acids is 1. The Morgan fingerprint density at radius 3 is 2.67 bits per heavy atom. The van der Waals surface area contributed by atoms with Gasteiger partial charge in [-0.15, -0.1) is 11.8 Å². The molecule has 1 heterocycles. The lowest BCUT2D eigenvalue weighted by Gasteiger charge is -2.15. The lowest BCUT2D eigenvalue weighted by Crippen LogP contribution is -2.31. The van der Waals surface area contributed by atoms with Gasteiger partial charge < -0.3 is 5.11 Å². The number of nitrogens with zero attached hydrogens (tertiary/aromatic N) is 1. The number of carboxylic acid groups (broad SMARTS) is 1. The van der Waals surface area contributed by atoms with Gasteiger partial charge in [0.1, 0.15) is 0 Å². The van der Waals surface area contributed by atoms with Gasteiger partial charge in [0.25, 0.3) is 0 Å². The first-order valence-electron chi connectivity index (χ1n) is 6.05. The number of amides is 2. The minimum absolute atomic E-state index is 0.0462. The second kappa shape index (κ2) is 6.68. The van der Waals surface area contributed by atoms with Crippen LogP contribution in [0.1, 0.15) is 12.8 Å². The largest absolute Gasteiger partial charge is 0.481 e. The molecule has 1 fully saturated rings. The maximum absolute atomic E-state index is 12.2. The molecule has 2 amide bonds. The molecule has 2 rings (SSSR count). The molecular formula is C13H11Cl2NO4S. The van der Waals surface area contributed by atoms with E-state index in [0.717, 1.165) is 4.90 Å². The van der Waals surface area contributed by atoms with E-state index in [0.29, 0.717) is 10.7 Å². The van der Waals surface area contributed by atoms with Gasteiger partial charge in [0.2, 0.25) is 11.8 Å². The third kappa shape index (κ3) is 3.70. The Hall–Kier alpha value is -1.24. The van der Waals surface area contributed by atoms with Gasteiger partial charge in [0.15, 0.2) is 0 Å². The third-order valence-electron chi connectivity index (χ3n) is 2.90. The fourth-order valence-corrected chi connectivity index (χ4v) is 3.30. The van der Waals surface area contributed by atoms with Gasteiger partial charge in [-0.3, -0.25) is 14.4 Å². The molecule has 21 heavy (non-hydrogen) atoms. The van der Waals surface area contributed by atoms with Crippen molar-refractivity contribution >= 4 is 58.4 Å². The van der Waals surface area contributed by atoms with Crippen LogP contribution in [-0.2, 0) is 14.4 Å². The van der Waals surface area contributed by atoms with Gasteiger partial charge in [-0.05, 0) is 18.2 Å². The number of benzene rings is 1. The summed E-state index contributed by atoms with van der Waals surface area (Å²) in [4.78, 5) is 35.8. The Labute approximate surface area is 135 Å². The maximum Gasteiger partial charge on any atom is 0.304 e. The Morgan fingerprint density at radius 2 is 2.05 bits per heavy atom. The van der Waals surface area contributed by atoms with Crippen LogP contribution in [0.5, 0.6) is 0 Å². The SMILES string of the molecule is O=C(O)CCSC1CC(=O)N(c2ccc(Cl)c(Cl)c2)C1=O. The van der Waals surface area contributed by atoms with Crippen molar-refractivity contribution in [1.29, 1.82) is 0 Å². The number of imide groups is 1. The van der Waals surface area contributed by atoms with Gasteiger partial charge in [0, 0.05) is 12.2 Å². The second-order valence-corrected chi connectivity index (χ2v) is 6.50. The number of hydrogen-bond acceptors (Lipinski definition) is 4. The zero-order valence-corrected chi connectivity index (χ0v) is 13.0. The van der Waals surface area contributed by atoms with E-state index >= 15 is 0 Å². The first-order valence-corrected chi connectivity index (χ1v) is 7.86. The number of aliphatic carboxylic acids is 1. The molecule has 1 aromatic rings. The molecule has 1 N–H and O–H groups in total. The Morgan fingerprint density at radius 1 is 1.33 bits per heavy atom. The summed E-state index contributed by atoms with van der Waals surface area (Å²) >= 11 is 12.9. The molecule has 0 spiro atoms. The van der Waals surface area contributed by atoms with E-state index in [9.17, 15) is 14.4 Å². The van der Waals surface area contributed by atoms with Crippen LogP contribution in [0.2, 0.25) is 10.0 Å². The predicted molar refractivity (Wildman–Crippen MR) is 82.1 cm³/mol. The molecule has 8 heteroatoms. The molecule has 0 aliphatic carbocycles. The molecule has 112 valence electrons. The average molecular weight is 348 g/mol. The van der Waals surface area contributed by atoms with Crippen molar-refractivity contribution in [3.05, 3.63) is 28.2 Å². The van der Waals surface area contributed by atoms with Crippen LogP contribution in [0.25, 0.3) is 0 Å². The number of hydrogen-bond donors (Lipinski definition) is 1. The van der Waals surface area contributed by atoms with Crippen molar-refractivity contribution in [2.75, 3.05) is 10.7 Å². The number of carbonyl (C=O) groups excluding carboxylic acids is 2. The Kier molecular flexibility index (Phi) is 5.13. The highest BCUT2D eigenvalue weighted by atomic mass is 35.5. The van der Waals surface area contributed by atoms with E-state index in [-0.39, 0.29) is 35.4 Å². The van der Waals surface area contributed by atoms with Crippen molar-refractivity contribution in [1.82, 2.24) is 0 Å². The van der Waals surface area contributed by atoms with Crippen LogP contribution in [-0.4, -0.2) is 33.9 Å². The van der Waals surface area contributed by atoms with E-state index < -0.39 is 11.2 Å². The van der Waals surface area contributed by atoms with Crippen LogP contribution in [0.3, 0.4) is 0 Å². The fraction of sp³-hybridized carbons (Fsp3) is 0.308. The first kappa shape index (κ1) is 16.1. The zero-order chi connectivity index (χ0) is 15.6. The molecule has 1 saturated heterocycles. The summed E-state index contributed by atoms with van der Waals surface area (Å²) in [6.45, 7) is 0. The summed E-state index contributed by atoms with van der Waals surface area (Å²) in [7, 11) is 0. The highest BCUT2D eigenvalue weighted by Gasteiger charge is 2.39. The van der Waals surface area contributed by atoms with Crippen LogP contribution < -0.4 is 4.90 Å². The number of carbonyl (C=O) groups is 3. The highest BCUT2D eigenvalue weighted by molar-refractivity contribution is 8.00. The molecule has 0 saturated carbocycles. The Balaban J connectivity index is 2.10. The maximum atomic E-state index is 12.2. The molecule has 1 unspecified atom stereocenters. The van der Waals surface area contributed by atoms with Crippen LogP contribution in [0, 0.1) is 0 Å². The average Bonchev–Trinajstić information content (AvgIpc) is 2.68. The Bertz CT molecular complexity index is 608. The number of rotatable bonds is 5. The summed E-state index contributed by atoms with van der Waals surface area (Å²) < 4.78 is 0. The van der Waals surface area contributed by atoms with E-state index in [1.54, 1.807) is 6.07 Å². The summed E-state index contributed by atoms with van der Waals surface area (Å²) in [5.41, 5.74) is 0.376. The van der Waals surface area contributed by atoms with Crippen molar-refractivity contribution in [2.24, 2.45) is 0 Å². The molecule has 5 nitrogen and oxygen atoms in total. The molecule has 1 aromatic carbocycles. The fourth-order valence-electron chi connectivity index (χ4n) is 1.92. The van der Waals surface area contributed by atoms with Gasteiger partial charge in [0.05, 0.1) is 27.4 Å². The molecular weight excluding hydrogens is 337 g/mol. The van der Waals surface area contributed by atoms with E-state index in [2.05, 4.69) is 0 Å². The molecule has 0 radical (unpaired) electrons. The van der Waals surface area contributed by atoms with E-state index in [4.69, 9.17) is 28.3 Å². The summed E-state index contributed by atoms with van der Waals surface area (Å²) in [6, 6.07) is 4.53. The molecule has 0 bridgehead atoms. The summed E-state index contributed by atoms with van der Waals surface area (Å²) in [5.74, 6) is -1.32. The minimum atomic E-state index is -0.930. The standard InChI is InChI=1S/C13H11Cl2NO4S/c14-8-2-1-7(5-9(8)15)16-11(17)6-10(13(16)20)21-4-3-12(18)19/h1-2,5,10H,3-4,6H2,(H,18,19). The lowest BCUT2D eigenvalue weighted by atomic mass is 10.3. The van der Waals surface area contributed by atoms with Gasteiger partial charge >= 0.3 is 5.97 Å². The normalized spacial score (nSPS) is 18.4. The quantitative estimate of drug-likeness (QED) is 0.829. The monoisotopic (exact) mass is 347 g/mol. The summed E-state index contributed by atoms with van der Waals surface area (Å²) in [6.07, 6.45) is 0.0127. The van der Waals surface area contributed by atoms with Crippen LogP contribution in [0.4, 0.5) is 5.69 Å². The van der Waals surface area contributed by atoms with Crippen LogP contribution >= 0.6 is 35.0 Å². The molecule has 1 aliphatic rings. The summed E-state index contributed by atoms with van der Waals surface area (Å²) in [5, 5.41) is 8.64. The number of halogens is 2. The van der Waals surface area contributed by atoms with Crippen molar-refractivity contribution < 1.29 is 19.5 Å². The molecule has 1 atom stereocenters. The van der Waals surface area contributed by atoms with Crippen molar-refractivity contribution in [3.8, 4) is 0 Å².